The van der Waals surface area contributed by atoms with Gasteiger partial charge in [0.05, 0.1) is 0 Å². The van der Waals surface area contributed by atoms with Gasteiger partial charge in [0.25, 0.3) is 0 Å². The number of ether oxygens (including phenoxy) is 1. The molecule has 0 radical (unpaired) electrons. The Labute approximate surface area is 128 Å². The molecule has 0 saturated heterocycles. The van der Waals surface area contributed by atoms with E-state index in [4.69, 9.17) is 4.74 Å². The van der Waals surface area contributed by atoms with Gasteiger partial charge in [0, 0.05) is 16.0 Å². The van der Waals surface area contributed by atoms with E-state index in [9.17, 15) is 9.90 Å². The van der Waals surface area contributed by atoms with Crippen molar-refractivity contribution >= 4 is 34.2 Å². The van der Waals surface area contributed by atoms with Gasteiger partial charge in [-0.2, -0.15) is 0 Å². The summed E-state index contributed by atoms with van der Waals surface area (Å²) in [5.74, 6) is -0.195. The molecule has 6 heteroatoms. The zero-order valence-electron chi connectivity index (χ0n) is 10.2. The number of imidazole rings is 1. The Kier molecular flexibility index (Phi) is 3.31. The van der Waals surface area contributed by atoms with Crippen molar-refractivity contribution in [1.29, 1.82) is 0 Å². The summed E-state index contributed by atoms with van der Waals surface area (Å²) in [4.78, 5) is 15.4. The van der Waals surface area contributed by atoms with Gasteiger partial charge in [-0.15, -0.1) is 0 Å². The number of carboxylic acids is 1. The molecule has 0 bridgehead atoms. The van der Waals surface area contributed by atoms with Crippen molar-refractivity contribution in [2.24, 2.45) is 0 Å². The number of hydrogen-bond acceptors (Lipinski definition) is 3. The number of halogens is 1. The minimum atomic E-state index is -1.02. The molecule has 1 aromatic carbocycles. The number of hydrogen-bond donors (Lipinski definition) is 1. The summed E-state index contributed by atoms with van der Waals surface area (Å²) < 4.78 is 8.33. The molecule has 5 nitrogen and oxygen atoms in total. The first kappa shape index (κ1) is 12.9. The molecule has 0 amide bonds. The van der Waals surface area contributed by atoms with Gasteiger partial charge in [0.15, 0.2) is 0 Å². The van der Waals surface area contributed by atoms with Gasteiger partial charge in [-0.1, -0.05) is 6.07 Å². The summed E-state index contributed by atoms with van der Waals surface area (Å²) in [5.41, 5.74) is 0.874. The standard InChI is InChI=1S/C14H9IN2O3/c15-9-4-5-11(10(8-9)14(18)19)20-13-3-1-2-12-16-6-7-17(12)13/h1-8H,(H,18,19). The fourth-order valence-electron chi connectivity index (χ4n) is 1.88. The second kappa shape index (κ2) is 5.12. The van der Waals surface area contributed by atoms with Crippen LogP contribution in [0.25, 0.3) is 5.65 Å². The predicted octanol–water partition coefficient (Wildman–Crippen LogP) is 3.43. The van der Waals surface area contributed by atoms with Crippen LogP contribution in [0.4, 0.5) is 0 Å². The van der Waals surface area contributed by atoms with E-state index >= 15 is 0 Å². The Morgan fingerprint density at radius 2 is 2.15 bits per heavy atom. The molecule has 1 N–H and O–H groups in total. The average Bonchev–Trinajstić information content (AvgIpc) is 2.90. The summed E-state index contributed by atoms with van der Waals surface area (Å²) in [7, 11) is 0. The molecule has 0 aliphatic heterocycles. The number of benzene rings is 1. The van der Waals surface area contributed by atoms with Crippen LogP contribution >= 0.6 is 22.6 Å². The van der Waals surface area contributed by atoms with E-state index in [1.165, 1.54) is 0 Å². The van der Waals surface area contributed by atoms with Crippen molar-refractivity contribution in [3.63, 3.8) is 0 Å². The molecule has 2 aromatic heterocycles. The summed E-state index contributed by atoms with van der Waals surface area (Å²) in [5, 5.41) is 9.24. The first-order valence-electron chi connectivity index (χ1n) is 5.78. The van der Waals surface area contributed by atoms with Gasteiger partial charge in [0.2, 0.25) is 5.88 Å². The van der Waals surface area contributed by atoms with Gasteiger partial charge < -0.3 is 9.84 Å². The third-order valence-electron chi connectivity index (χ3n) is 2.78. The van der Waals surface area contributed by atoms with Crippen molar-refractivity contribution < 1.29 is 14.6 Å². The van der Waals surface area contributed by atoms with Gasteiger partial charge >= 0.3 is 5.97 Å². The molecule has 0 spiro atoms. The van der Waals surface area contributed by atoms with E-state index in [-0.39, 0.29) is 5.56 Å². The highest BCUT2D eigenvalue weighted by Crippen LogP contribution is 2.27. The number of carbonyl (C=O) groups is 1. The summed E-state index contributed by atoms with van der Waals surface area (Å²) in [6.07, 6.45) is 3.42. The van der Waals surface area contributed by atoms with E-state index in [0.717, 1.165) is 9.22 Å². The monoisotopic (exact) mass is 380 g/mol. The van der Waals surface area contributed by atoms with Crippen LogP contribution in [0, 0.1) is 3.57 Å². The first-order valence-corrected chi connectivity index (χ1v) is 6.86. The molecular formula is C14H9IN2O3. The molecule has 3 rings (SSSR count). The van der Waals surface area contributed by atoms with Crippen molar-refractivity contribution in [2.45, 2.75) is 0 Å². The van der Waals surface area contributed by atoms with Crippen molar-refractivity contribution in [2.75, 3.05) is 0 Å². The van der Waals surface area contributed by atoms with Crippen LogP contribution in [-0.4, -0.2) is 20.5 Å². The maximum Gasteiger partial charge on any atom is 0.339 e. The molecule has 20 heavy (non-hydrogen) atoms. The quantitative estimate of drug-likeness (QED) is 0.708. The minimum absolute atomic E-state index is 0.133. The number of carboxylic acid groups (broad SMARTS) is 1. The van der Waals surface area contributed by atoms with Crippen LogP contribution in [0.3, 0.4) is 0 Å². The van der Waals surface area contributed by atoms with Crippen LogP contribution in [0.5, 0.6) is 11.6 Å². The number of rotatable bonds is 3. The van der Waals surface area contributed by atoms with E-state index in [1.807, 2.05) is 12.1 Å². The fourth-order valence-corrected chi connectivity index (χ4v) is 2.37. The van der Waals surface area contributed by atoms with Crippen LogP contribution in [0.2, 0.25) is 0 Å². The topological polar surface area (TPSA) is 63.8 Å². The SMILES string of the molecule is O=C(O)c1cc(I)ccc1Oc1cccc2nccn12. The lowest BCUT2D eigenvalue weighted by Crippen LogP contribution is -2.02. The van der Waals surface area contributed by atoms with Crippen molar-refractivity contribution in [3.8, 4) is 11.6 Å². The zero-order chi connectivity index (χ0) is 14.1. The lowest BCUT2D eigenvalue weighted by atomic mass is 10.2. The fraction of sp³-hybridized carbons (Fsp3) is 0. The highest BCUT2D eigenvalue weighted by Gasteiger charge is 2.13. The predicted molar refractivity (Wildman–Crippen MR) is 81.4 cm³/mol. The van der Waals surface area contributed by atoms with Gasteiger partial charge in [0.1, 0.15) is 17.0 Å². The molecule has 0 aliphatic rings. The lowest BCUT2D eigenvalue weighted by Gasteiger charge is -2.10. The van der Waals surface area contributed by atoms with Gasteiger partial charge in [-0.25, -0.2) is 9.78 Å². The third-order valence-corrected chi connectivity index (χ3v) is 3.45. The highest BCUT2D eigenvalue weighted by molar-refractivity contribution is 14.1. The van der Waals surface area contributed by atoms with Crippen LogP contribution in [0.1, 0.15) is 10.4 Å². The molecule has 3 aromatic rings. The number of aromatic nitrogens is 2. The zero-order valence-corrected chi connectivity index (χ0v) is 12.3. The molecule has 0 aliphatic carbocycles. The summed E-state index contributed by atoms with van der Waals surface area (Å²) >= 11 is 2.07. The van der Waals surface area contributed by atoms with Crippen molar-refractivity contribution in [3.05, 3.63) is 57.9 Å². The Bertz CT molecular complexity index is 798. The third kappa shape index (κ3) is 2.34. The first-order chi connectivity index (χ1) is 9.65. The molecule has 0 atom stereocenters. The smallest absolute Gasteiger partial charge is 0.339 e. The second-order valence-electron chi connectivity index (χ2n) is 4.07. The molecule has 100 valence electrons. The number of aromatic carboxylic acids is 1. The Morgan fingerprint density at radius 3 is 2.95 bits per heavy atom. The Hall–Kier alpha value is -2.09. The van der Waals surface area contributed by atoms with Gasteiger partial charge in [-0.3, -0.25) is 4.40 Å². The second-order valence-corrected chi connectivity index (χ2v) is 5.31. The maximum absolute atomic E-state index is 11.3. The number of nitrogens with zero attached hydrogens (tertiary/aromatic N) is 2. The van der Waals surface area contributed by atoms with Gasteiger partial charge in [-0.05, 0) is 52.9 Å². The molecule has 2 heterocycles. The van der Waals surface area contributed by atoms with Crippen molar-refractivity contribution in [1.82, 2.24) is 9.38 Å². The normalized spacial score (nSPS) is 10.7. The number of pyridine rings is 1. The summed E-state index contributed by atoms with van der Waals surface area (Å²) in [6, 6.07) is 10.5. The van der Waals surface area contributed by atoms with Crippen LogP contribution < -0.4 is 4.74 Å². The lowest BCUT2D eigenvalue weighted by molar-refractivity contribution is 0.0694. The number of fused-ring (bicyclic) bond motifs is 1. The van der Waals surface area contributed by atoms with E-state index in [2.05, 4.69) is 27.6 Å². The Balaban J connectivity index is 2.07. The Morgan fingerprint density at radius 1 is 1.30 bits per heavy atom. The highest BCUT2D eigenvalue weighted by atomic mass is 127. The molecule has 0 saturated carbocycles. The maximum atomic E-state index is 11.3. The average molecular weight is 380 g/mol. The van der Waals surface area contributed by atoms with Crippen LogP contribution in [0.15, 0.2) is 48.8 Å². The minimum Gasteiger partial charge on any atom is -0.478 e. The molecule has 0 unspecified atom stereocenters. The van der Waals surface area contributed by atoms with Crippen LogP contribution in [-0.2, 0) is 0 Å². The largest absolute Gasteiger partial charge is 0.478 e. The molecular weight excluding hydrogens is 371 g/mol. The van der Waals surface area contributed by atoms with E-state index < -0.39 is 5.97 Å². The van der Waals surface area contributed by atoms with E-state index in [0.29, 0.717) is 11.6 Å². The molecule has 0 fully saturated rings. The summed E-state index contributed by atoms with van der Waals surface area (Å²) in [6.45, 7) is 0. The van der Waals surface area contributed by atoms with E-state index in [1.54, 1.807) is 41.1 Å².